The highest BCUT2D eigenvalue weighted by Gasteiger charge is 2.08. The maximum atomic E-state index is 5.43. The lowest BCUT2D eigenvalue weighted by molar-refractivity contribution is 0.249. The van der Waals surface area contributed by atoms with Crippen molar-refractivity contribution in [1.82, 2.24) is 4.90 Å². The molecule has 12 heavy (non-hydrogen) atoms. The molecule has 0 aromatic heterocycles. The first-order valence-corrected chi connectivity index (χ1v) is 5.17. The van der Waals surface area contributed by atoms with Crippen LogP contribution in [0.4, 0.5) is 0 Å². The molecule has 1 radical (unpaired) electrons. The largest absolute Gasteiger partial charge is 0.330 e. The normalized spacial score (nSPS) is 19.8. The Morgan fingerprint density at radius 3 is 2.50 bits per heavy atom. The maximum Gasteiger partial charge on any atom is -0.00160 e. The number of hydrogen-bond donors (Lipinski definition) is 1. The Bertz CT molecular complexity index is 98.0. The summed E-state index contributed by atoms with van der Waals surface area (Å²) in [7, 11) is 0. The van der Waals surface area contributed by atoms with Gasteiger partial charge < -0.3 is 10.6 Å². The Morgan fingerprint density at radius 2 is 1.83 bits per heavy atom. The third-order valence-corrected chi connectivity index (χ3v) is 2.48. The van der Waals surface area contributed by atoms with Crippen LogP contribution in [-0.4, -0.2) is 31.1 Å². The van der Waals surface area contributed by atoms with Gasteiger partial charge in [-0.05, 0) is 58.3 Å². The molecule has 0 atom stereocenters. The second-order valence-electron chi connectivity index (χ2n) is 3.56. The van der Waals surface area contributed by atoms with Crippen LogP contribution in [0.3, 0.4) is 0 Å². The summed E-state index contributed by atoms with van der Waals surface area (Å²) in [6, 6.07) is 0. The third kappa shape index (κ3) is 4.07. The smallest absolute Gasteiger partial charge is 0.00160 e. The topological polar surface area (TPSA) is 29.3 Å². The average Bonchev–Trinajstić information content (AvgIpc) is 2.14. The summed E-state index contributed by atoms with van der Waals surface area (Å²) in [6.07, 6.45) is 8.80. The number of nitrogens with zero attached hydrogens (tertiary/aromatic N) is 1. The first kappa shape index (κ1) is 10.0. The highest BCUT2D eigenvalue weighted by molar-refractivity contribution is 4.76. The minimum Gasteiger partial charge on any atom is -0.330 e. The van der Waals surface area contributed by atoms with Crippen molar-refractivity contribution in [1.29, 1.82) is 0 Å². The van der Waals surface area contributed by atoms with Crippen LogP contribution in [-0.2, 0) is 0 Å². The van der Waals surface area contributed by atoms with Crippen molar-refractivity contribution in [2.45, 2.75) is 32.1 Å². The van der Waals surface area contributed by atoms with Crippen molar-refractivity contribution in [2.75, 3.05) is 26.2 Å². The number of unbranched alkanes of at least 4 members (excludes halogenated alkanes) is 2. The Balaban J connectivity index is 1.91. The fourth-order valence-electron chi connectivity index (χ4n) is 1.68. The summed E-state index contributed by atoms with van der Waals surface area (Å²) in [4.78, 5) is 2.57. The van der Waals surface area contributed by atoms with Gasteiger partial charge in [0, 0.05) is 0 Å². The summed E-state index contributed by atoms with van der Waals surface area (Å²) in [5.74, 6) is 0. The predicted molar refractivity (Wildman–Crippen MR) is 52.9 cm³/mol. The molecule has 0 amide bonds. The molecule has 71 valence electrons. The van der Waals surface area contributed by atoms with Crippen molar-refractivity contribution < 1.29 is 0 Å². The number of likely N-dealkylation sites (tertiary alicyclic amines) is 1. The molecule has 0 aromatic carbocycles. The molecule has 0 bridgehead atoms. The van der Waals surface area contributed by atoms with Crippen LogP contribution in [0.1, 0.15) is 32.1 Å². The van der Waals surface area contributed by atoms with Gasteiger partial charge >= 0.3 is 0 Å². The van der Waals surface area contributed by atoms with E-state index in [9.17, 15) is 0 Å². The van der Waals surface area contributed by atoms with Crippen LogP contribution in [0.2, 0.25) is 0 Å². The fourth-order valence-corrected chi connectivity index (χ4v) is 1.68. The van der Waals surface area contributed by atoms with E-state index in [2.05, 4.69) is 11.3 Å². The number of nitrogens with two attached hydrogens (primary N) is 1. The van der Waals surface area contributed by atoms with Crippen molar-refractivity contribution in [3.05, 3.63) is 6.42 Å². The van der Waals surface area contributed by atoms with Gasteiger partial charge in [0.2, 0.25) is 0 Å². The summed E-state index contributed by atoms with van der Waals surface area (Å²) < 4.78 is 0. The molecule has 1 heterocycles. The zero-order chi connectivity index (χ0) is 8.65. The molecule has 2 nitrogen and oxygen atoms in total. The second kappa shape index (κ2) is 6.44. The van der Waals surface area contributed by atoms with E-state index in [-0.39, 0.29) is 0 Å². The molecule has 0 saturated carbocycles. The predicted octanol–water partition coefficient (Wildman–Crippen LogP) is 1.42. The summed E-state index contributed by atoms with van der Waals surface area (Å²) in [6.45, 7) is 4.70. The zero-order valence-electron chi connectivity index (χ0n) is 7.97. The zero-order valence-corrected chi connectivity index (χ0v) is 7.97. The van der Waals surface area contributed by atoms with E-state index in [1.54, 1.807) is 0 Å². The Hall–Kier alpha value is -0.0800. The van der Waals surface area contributed by atoms with E-state index in [0.29, 0.717) is 0 Å². The van der Waals surface area contributed by atoms with Crippen LogP contribution in [0.25, 0.3) is 0 Å². The van der Waals surface area contributed by atoms with Gasteiger partial charge in [0.25, 0.3) is 0 Å². The van der Waals surface area contributed by atoms with Crippen LogP contribution in [0, 0.1) is 6.42 Å². The first-order valence-electron chi connectivity index (χ1n) is 5.17. The van der Waals surface area contributed by atoms with E-state index in [0.717, 1.165) is 6.54 Å². The Morgan fingerprint density at radius 1 is 1.08 bits per heavy atom. The van der Waals surface area contributed by atoms with Gasteiger partial charge in [0.15, 0.2) is 0 Å². The number of rotatable bonds is 5. The van der Waals surface area contributed by atoms with E-state index in [1.807, 2.05) is 0 Å². The van der Waals surface area contributed by atoms with Gasteiger partial charge in [0.05, 0.1) is 0 Å². The summed E-state index contributed by atoms with van der Waals surface area (Å²) in [5.41, 5.74) is 5.43. The summed E-state index contributed by atoms with van der Waals surface area (Å²) in [5, 5.41) is 0. The molecule has 0 aromatic rings. The Labute approximate surface area is 76.1 Å². The van der Waals surface area contributed by atoms with E-state index >= 15 is 0 Å². The molecule has 0 aliphatic carbocycles. The molecule has 0 unspecified atom stereocenters. The molecule has 0 spiro atoms. The molecule has 1 aliphatic heterocycles. The second-order valence-corrected chi connectivity index (χ2v) is 3.56. The van der Waals surface area contributed by atoms with Gasteiger partial charge in [-0.25, -0.2) is 0 Å². The van der Waals surface area contributed by atoms with Crippen LogP contribution < -0.4 is 5.73 Å². The molecular formula is C10H21N2. The van der Waals surface area contributed by atoms with Crippen LogP contribution in [0.15, 0.2) is 0 Å². The Kier molecular flexibility index (Phi) is 5.37. The monoisotopic (exact) mass is 169 g/mol. The van der Waals surface area contributed by atoms with E-state index in [4.69, 9.17) is 5.73 Å². The average molecular weight is 169 g/mol. The molecule has 2 heteroatoms. The minimum absolute atomic E-state index is 0.855. The van der Waals surface area contributed by atoms with E-state index in [1.165, 1.54) is 51.7 Å². The van der Waals surface area contributed by atoms with Gasteiger partial charge in [-0.3, -0.25) is 0 Å². The van der Waals surface area contributed by atoms with Crippen LogP contribution in [0.5, 0.6) is 0 Å². The standard InChI is InChI=1S/C10H21N2/c11-7-3-1-4-8-12-9-5-2-6-10-12/h2H,1,3-11H2. The van der Waals surface area contributed by atoms with Crippen molar-refractivity contribution in [2.24, 2.45) is 5.73 Å². The lowest BCUT2D eigenvalue weighted by Gasteiger charge is -2.25. The molecule has 1 fully saturated rings. The van der Waals surface area contributed by atoms with Gasteiger partial charge in [-0.15, -0.1) is 0 Å². The maximum absolute atomic E-state index is 5.43. The fraction of sp³-hybridized carbons (Fsp3) is 0.900. The molecular weight excluding hydrogens is 148 g/mol. The SMILES string of the molecule is NCCCCCN1CC[CH]CC1. The minimum atomic E-state index is 0.855. The van der Waals surface area contributed by atoms with Crippen molar-refractivity contribution in [3.8, 4) is 0 Å². The third-order valence-electron chi connectivity index (χ3n) is 2.48. The van der Waals surface area contributed by atoms with E-state index < -0.39 is 0 Å². The lowest BCUT2D eigenvalue weighted by Crippen LogP contribution is -2.30. The first-order chi connectivity index (χ1) is 5.93. The van der Waals surface area contributed by atoms with Crippen LogP contribution >= 0.6 is 0 Å². The van der Waals surface area contributed by atoms with Crippen molar-refractivity contribution >= 4 is 0 Å². The molecule has 2 N–H and O–H groups in total. The summed E-state index contributed by atoms with van der Waals surface area (Å²) >= 11 is 0. The lowest BCUT2D eigenvalue weighted by atomic mass is 10.1. The molecule has 1 rings (SSSR count). The van der Waals surface area contributed by atoms with Gasteiger partial charge in [-0.2, -0.15) is 0 Å². The number of hydrogen-bond acceptors (Lipinski definition) is 2. The number of piperidine rings is 1. The molecule has 1 saturated heterocycles. The van der Waals surface area contributed by atoms with Gasteiger partial charge in [0.1, 0.15) is 0 Å². The molecule has 1 aliphatic rings. The van der Waals surface area contributed by atoms with Gasteiger partial charge in [-0.1, -0.05) is 6.42 Å². The quantitative estimate of drug-likeness (QED) is 0.631. The highest BCUT2D eigenvalue weighted by Crippen LogP contribution is 2.08. The van der Waals surface area contributed by atoms with Crippen molar-refractivity contribution in [3.63, 3.8) is 0 Å². The highest BCUT2D eigenvalue weighted by atomic mass is 15.1.